The van der Waals surface area contributed by atoms with Crippen molar-refractivity contribution in [3.8, 4) is 0 Å². The topological polar surface area (TPSA) is 86.7 Å². The first-order chi connectivity index (χ1) is 8.79. The molecule has 1 aliphatic carbocycles. The van der Waals surface area contributed by atoms with Gasteiger partial charge in [-0.1, -0.05) is 13.8 Å². The van der Waals surface area contributed by atoms with Crippen molar-refractivity contribution in [1.82, 2.24) is 10.2 Å². The molecule has 108 valence electrons. The summed E-state index contributed by atoms with van der Waals surface area (Å²) in [6.45, 7) is 4.47. The fraction of sp³-hybridized carbons (Fsp3) is 0.769. The summed E-state index contributed by atoms with van der Waals surface area (Å²) < 4.78 is 0. The Morgan fingerprint density at radius 3 is 2.42 bits per heavy atom. The first-order valence-corrected chi connectivity index (χ1v) is 6.56. The van der Waals surface area contributed by atoms with Crippen molar-refractivity contribution in [3.05, 3.63) is 0 Å². The summed E-state index contributed by atoms with van der Waals surface area (Å²) in [5.74, 6) is -0.446. The number of carboxylic acid groups (broad SMARTS) is 1. The van der Waals surface area contributed by atoms with Crippen molar-refractivity contribution in [1.29, 1.82) is 0 Å². The average Bonchev–Trinajstić information content (AvgIpc) is 2.91. The SMILES string of the molecule is CC(CC(=O)O)CC(=O)NC(=O)N(C)CC1CC1C. The maximum Gasteiger partial charge on any atom is 0.323 e. The summed E-state index contributed by atoms with van der Waals surface area (Å²) in [5.41, 5.74) is 0. The molecule has 1 fully saturated rings. The van der Waals surface area contributed by atoms with Crippen LogP contribution in [0, 0.1) is 17.8 Å². The summed E-state index contributed by atoms with van der Waals surface area (Å²) in [4.78, 5) is 35.3. The van der Waals surface area contributed by atoms with E-state index < -0.39 is 17.9 Å². The van der Waals surface area contributed by atoms with Crippen LogP contribution in [0.15, 0.2) is 0 Å². The van der Waals surface area contributed by atoms with Gasteiger partial charge in [-0.25, -0.2) is 4.79 Å². The standard InChI is InChI=1S/C13H22N2O4/c1-8(5-12(17)18)4-11(16)14-13(19)15(3)7-10-6-9(10)2/h8-10H,4-7H2,1-3H3,(H,17,18)(H,14,16,19). The van der Waals surface area contributed by atoms with Crippen LogP contribution in [0.25, 0.3) is 0 Å². The quantitative estimate of drug-likeness (QED) is 0.762. The van der Waals surface area contributed by atoms with Gasteiger partial charge in [0, 0.05) is 26.4 Å². The number of rotatable bonds is 6. The molecule has 0 aliphatic heterocycles. The van der Waals surface area contributed by atoms with Gasteiger partial charge in [0.2, 0.25) is 5.91 Å². The highest BCUT2D eigenvalue weighted by atomic mass is 16.4. The van der Waals surface area contributed by atoms with Crippen LogP contribution in [0.3, 0.4) is 0 Å². The Hall–Kier alpha value is -1.59. The second-order valence-electron chi connectivity index (χ2n) is 5.61. The molecule has 6 heteroatoms. The molecule has 3 unspecified atom stereocenters. The number of carbonyl (C=O) groups is 3. The minimum atomic E-state index is -0.938. The van der Waals surface area contributed by atoms with Crippen molar-refractivity contribution in [2.45, 2.75) is 33.1 Å². The summed E-state index contributed by atoms with van der Waals surface area (Å²) in [5, 5.41) is 10.9. The summed E-state index contributed by atoms with van der Waals surface area (Å²) in [7, 11) is 1.66. The predicted octanol–water partition coefficient (Wildman–Crippen LogP) is 1.31. The molecule has 6 nitrogen and oxygen atoms in total. The number of carbonyl (C=O) groups excluding carboxylic acids is 2. The van der Waals surface area contributed by atoms with Gasteiger partial charge in [-0.15, -0.1) is 0 Å². The van der Waals surface area contributed by atoms with Gasteiger partial charge in [-0.05, 0) is 24.2 Å². The first-order valence-electron chi connectivity index (χ1n) is 6.56. The summed E-state index contributed by atoms with van der Waals surface area (Å²) >= 11 is 0. The normalized spacial score (nSPS) is 22.5. The number of amides is 3. The van der Waals surface area contributed by atoms with E-state index in [1.54, 1.807) is 14.0 Å². The zero-order valence-corrected chi connectivity index (χ0v) is 11.7. The minimum Gasteiger partial charge on any atom is -0.481 e. The van der Waals surface area contributed by atoms with E-state index in [1.165, 1.54) is 4.90 Å². The van der Waals surface area contributed by atoms with Crippen molar-refractivity contribution >= 4 is 17.9 Å². The van der Waals surface area contributed by atoms with Crippen LogP contribution in [-0.2, 0) is 9.59 Å². The van der Waals surface area contributed by atoms with Gasteiger partial charge in [-0.3, -0.25) is 14.9 Å². The first kappa shape index (κ1) is 15.5. The molecule has 0 aromatic heterocycles. The lowest BCUT2D eigenvalue weighted by atomic mass is 10.0. The lowest BCUT2D eigenvalue weighted by Gasteiger charge is -2.17. The minimum absolute atomic E-state index is 0.0473. The van der Waals surface area contributed by atoms with Gasteiger partial charge >= 0.3 is 12.0 Å². The Morgan fingerprint density at radius 2 is 1.95 bits per heavy atom. The fourth-order valence-electron chi connectivity index (χ4n) is 2.04. The van der Waals surface area contributed by atoms with E-state index in [0.29, 0.717) is 18.4 Å². The third-order valence-electron chi connectivity index (χ3n) is 3.43. The molecular formula is C13H22N2O4. The van der Waals surface area contributed by atoms with E-state index in [4.69, 9.17) is 5.11 Å². The monoisotopic (exact) mass is 270 g/mol. The Labute approximate surface area is 113 Å². The molecule has 0 radical (unpaired) electrons. The molecule has 0 spiro atoms. The molecule has 3 atom stereocenters. The Morgan fingerprint density at radius 1 is 1.37 bits per heavy atom. The highest BCUT2D eigenvalue weighted by molar-refractivity contribution is 5.94. The summed E-state index contributed by atoms with van der Waals surface area (Å²) in [6.07, 6.45) is 1.10. The Bertz CT molecular complexity index is 370. The van der Waals surface area contributed by atoms with Crippen molar-refractivity contribution < 1.29 is 19.5 Å². The largest absolute Gasteiger partial charge is 0.481 e. The number of aliphatic carboxylic acids is 1. The second-order valence-corrected chi connectivity index (χ2v) is 5.61. The zero-order valence-electron chi connectivity index (χ0n) is 11.7. The predicted molar refractivity (Wildman–Crippen MR) is 69.5 cm³/mol. The number of nitrogens with zero attached hydrogens (tertiary/aromatic N) is 1. The van der Waals surface area contributed by atoms with Crippen molar-refractivity contribution in [3.63, 3.8) is 0 Å². The van der Waals surface area contributed by atoms with E-state index in [0.717, 1.165) is 6.42 Å². The van der Waals surface area contributed by atoms with Crippen LogP contribution in [-0.4, -0.2) is 41.5 Å². The highest BCUT2D eigenvalue weighted by Gasteiger charge is 2.34. The van der Waals surface area contributed by atoms with Crippen LogP contribution in [0.5, 0.6) is 0 Å². The Kier molecular flexibility index (Phi) is 5.32. The van der Waals surface area contributed by atoms with E-state index in [-0.39, 0.29) is 18.8 Å². The number of hydrogen-bond acceptors (Lipinski definition) is 3. The van der Waals surface area contributed by atoms with E-state index >= 15 is 0 Å². The molecule has 0 aromatic carbocycles. The smallest absolute Gasteiger partial charge is 0.323 e. The van der Waals surface area contributed by atoms with Gasteiger partial charge in [0.1, 0.15) is 0 Å². The van der Waals surface area contributed by atoms with E-state index in [9.17, 15) is 14.4 Å². The van der Waals surface area contributed by atoms with Crippen LogP contribution in [0.1, 0.15) is 33.1 Å². The average molecular weight is 270 g/mol. The van der Waals surface area contributed by atoms with Crippen LogP contribution in [0.2, 0.25) is 0 Å². The number of hydrogen-bond donors (Lipinski definition) is 2. The maximum atomic E-state index is 11.7. The van der Waals surface area contributed by atoms with Crippen molar-refractivity contribution in [2.75, 3.05) is 13.6 Å². The number of carboxylic acids is 1. The lowest BCUT2D eigenvalue weighted by molar-refractivity contribution is -0.138. The molecule has 1 saturated carbocycles. The highest BCUT2D eigenvalue weighted by Crippen LogP contribution is 2.37. The number of nitrogens with one attached hydrogen (secondary N) is 1. The molecule has 3 amide bonds. The number of imide groups is 1. The van der Waals surface area contributed by atoms with Crippen molar-refractivity contribution in [2.24, 2.45) is 17.8 Å². The molecule has 1 aliphatic rings. The third kappa shape index (κ3) is 5.72. The second kappa shape index (κ2) is 6.54. The molecule has 0 bridgehead atoms. The van der Waals surface area contributed by atoms with Gasteiger partial charge < -0.3 is 10.0 Å². The molecular weight excluding hydrogens is 248 g/mol. The van der Waals surface area contributed by atoms with Gasteiger partial charge in [0.05, 0.1) is 0 Å². The van der Waals surface area contributed by atoms with Gasteiger partial charge in [-0.2, -0.15) is 0 Å². The summed E-state index contributed by atoms with van der Waals surface area (Å²) in [6, 6.07) is -0.411. The van der Waals surface area contributed by atoms with Crippen LogP contribution < -0.4 is 5.32 Å². The fourth-order valence-corrected chi connectivity index (χ4v) is 2.04. The van der Waals surface area contributed by atoms with Gasteiger partial charge in [0.25, 0.3) is 0 Å². The van der Waals surface area contributed by atoms with Crippen LogP contribution >= 0.6 is 0 Å². The zero-order chi connectivity index (χ0) is 14.6. The van der Waals surface area contributed by atoms with Gasteiger partial charge in [0.15, 0.2) is 0 Å². The molecule has 1 rings (SSSR count). The lowest BCUT2D eigenvalue weighted by Crippen LogP contribution is -2.42. The molecule has 2 N–H and O–H groups in total. The molecule has 19 heavy (non-hydrogen) atoms. The Balaban J connectivity index is 2.26. The molecule has 0 heterocycles. The molecule has 0 saturated heterocycles. The maximum absolute atomic E-state index is 11.7. The van der Waals surface area contributed by atoms with Crippen LogP contribution in [0.4, 0.5) is 4.79 Å². The van der Waals surface area contributed by atoms with E-state index in [2.05, 4.69) is 12.2 Å². The third-order valence-corrected chi connectivity index (χ3v) is 3.43. The molecule has 0 aromatic rings. The number of urea groups is 1. The van der Waals surface area contributed by atoms with E-state index in [1.807, 2.05) is 0 Å².